The van der Waals surface area contributed by atoms with Crippen LogP contribution in [0.4, 0.5) is 0 Å². The highest BCUT2D eigenvalue weighted by Crippen LogP contribution is 2.38. The van der Waals surface area contributed by atoms with Gasteiger partial charge in [0.1, 0.15) is 0 Å². The van der Waals surface area contributed by atoms with Gasteiger partial charge in [-0.05, 0) is 18.1 Å². The lowest BCUT2D eigenvalue weighted by Crippen LogP contribution is -2.74. The summed E-state index contributed by atoms with van der Waals surface area (Å²) < 4.78 is 0. The molecule has 0 N–H and O–H groups in total. The fourth-order valence-electron chi connectivity index (χ4n) is 4.81. The molecule has 2 aromatic rings. The van der Waals surface area contributed by atoms with E-state index in [0.717, 1.165) is 50.9 Å². The van der Waals surface area contributed by atoms with Crippen LogP contribution in [0.2, 0.25) is 0 Å². The van der Waals surface area contributed by atoms with Crippen molar-refractivity contribution in [2.45, 2.75) is 6.92 Å². The molecule has 0 unspecified atom stereocenters. The highest BCUT2D eigenvalue weighted by molar-refractivity contribution is 6.05. The number of nitrogens with zero attached hydrogens (tertiary/aromatic N) is 5. The van der Waals surface area contributed by atoms with E-state index in [1.807, 2.05) is 6.21 Å². The highest BCUT2D eigenvalue weighted by atomic mass is 15.5. The van der Waals surface area contributed by atoms with Gasteiger partial charge in [0.25, 0.3) is 0 Å². The number of benzene rings is 2. The van der Waals surface area contributed by atoms with Crippen molar-refractivity contribution >= 4 is 11.9 Å². The zero-order valence-corrected chi connectivity index (χ0v) is 15.8. The van der Waals surface area contributed by atoms with Gasteiger partial charge in [0, 0.05) is 19.6 Å². The molecule has 4 bridgehead atoms. The Morgan fingerprint density at radius 1 is 0.852 bits per heavy atom. The Bertz CT molecular complexity index is 834. The molecule has 0 aliphatic carbocycles. The Balaban J connectivity index is 1.51. The Hall–Kier alpha value is -2.34. The van der Waals surface area contributed by atoms with E-state index in [1.54, 1.807) is 0 Å². The summed E-state index contributed by atoms with van der Waals surface area (Å²) >= 11 is 0. The van der Waals surface area contributed by atoms with Gasteiger partial charge in [0.15, 0.2) is 0 Å². The van der Waals surface area contributed by atoms with Crippen molar-refractivity contribution in [3.05, 3.63) is 71.3 Å². The van der Waals surface area contributed by atoms with Crippen molar-refractivity contribution in [1.29, 1.82) is 0 Å². The smallest absolute Gasteiger partial charge is 0.0802 e. The average Bonchev–Trinajstić information content (AvgIpc) is 2.66. The summed E-state index contributed by atoms with van der Waals surface area (Å²) in [5, 5.41) is 9.32. The molecule has 0 saturated carbocycles. The summed E-state index contributed by atoms with van der Waals surface area (Å²) in [6.45, 7) is 8.52. The third-order valence-electron chi connectivity index (χ3n) is 5.77. The SMILES string of the molecule is Cc1ccc(C=NN=C(c2ccccc2)C23CN4CN(CN(C4)C2)C3)cc1. The third kappa shape index (κ3) is 3.23. The molecule has 0 amide bonds. The Morgan fingerprint density at radius 3 is 2.04 bits per heavy atom. The first kappa shape index (κ1) is 16.8. The van der Waals surface area contributed by atoms with E-state index in [0.29, 0.717) is 0 Å². The molecule has 0 aromatic heterocycles. The fraction of sp³-hybridized carbons (Fsp3) is 0.364. The number of hydrogen-bond acceptors (Lipinski definition) is 5. The van der Waals surface area contributed by atoms with Crippen LogP contribution < -0.4 is 0 Å². The molecule has 4 saturated heterocycles. The van der Waals surface area contributed by atoms with Crippen molar-refractivity contribution in [2.24, 2.45) is 15.6 Å². The minimum Gasteiger partial charge on any atom is -0.276 e. The lowest BCUT2D eigenvalue weighted by molar-refractivity contribution is -0.149. The van der Waals surface area contributed by atoms with Gasteiger partial charge >= 0.3 is 0 Å². The fourth-order valence-corrected chi connectivity index (χ4v) is 4.81. The Morgan fingerprint density at radius 2 is 1.44 bits per heavy atom. The summed E-state index contributed by atoms with van der Waals surface area (Å²) in [6.07, 6.45) is 1.86. The van der Waals surface area contributed by atoms with Gasteiger partial charge in [-0.2, -0.15) is 10.2 Å². The van der Waals surface area contributed by atoms with Crippen LogP contribution in [0, 0.1) is 12.3 Å². The van der Waals surface area contributed by atoms with E-state index in [9.17, 15) is 0 Å². The summed E-state index contributed by atoms with van der Waals surface area (Å²) in [5.74, 6) is 0. The van der Waals surface area contributed by atoms with Crippen LogP contribution in [0.15, 0.2) is 64.8 Å². The van der Waals surface area contributed by atoms with Gasteiger partial charge in [-0.25, -0.2) is 0 Å². The summed E-state index contributed by atoms with van der Waals surface area (Å²) in [5.41, 5.74) is 4.67. The zero-order valence-electron chi connectivity index (χ0n) is 15.8. The van der Waals surface area contributed by atoms with Crippen molar-refractivity contribution < 1.29 is 0 Å². The summed E-state index contributed by atoms with van der Waals surface area (Å²) in [6, 6.07) is 19.0. The topological polar surface area (TPSA) is 34.4 Å². The number of aryl methyl sites for hydroxylation is 1. The average molecular weight is 359 g/mol. The zero-order chi connectivity index (χ0) is 18.3. The minimum absolute atomic E-state index is 0.0285. The maximum absolute atomic E-state index is 4.81. The first-order chi connectivity index (χ1) is 13.2. The molecule has 0 radical (unpaired) electrons. The predicted molar refractivity (Wildman–Crippen MR) is 109 cm³/mol. The first-order valence-electron chi connectivity index (χ1n) is 9.61. The molecule has 4 heterocycles. The highest BCUT2D eigenvalue weighted by Gasteiger charge is 2.51. The maximum atomic E-state index is 4.81. The van der Waals surface area contributed by atoms with E-state index < -0.39 is 0 Å². The lowest BCUT2D eigenvalue weighted by Gasteiger charge is -2.60. The molecule has 6 rings (SSSR count). The Kier molecular flexibility index (Phi) is 4.16. The minimum atomic E-state index is 0.0285. The molecular formula is C22H25N5. The molecule has 4 aliphatic heterocycles. The van der Waals surface area contributed by atoms with E-state index in [2.05, 4.69) is 81.3 Å². The molecular weight excluding hydrogens is 334 g/mol. The molecule has 5 heteroatoms. The number of hydrogen-bond donors (Lipinski definition) is 0. The molecule has 4 aliphatic rings. The van der Waals surface area contributed by atoms with Crippen molar-refractivity contribution in [3.63, 3.8) is 0 Å². The van der Waals surface area contributed by atoms with E-state index in [-0.39, 0.29) is 5.41 Å². The largest absolute Gasteiger partial charge is 0.276 e. The maximum Gasteiger partial charge on any atom is 0.0802 e. The molecule has 5 nitrogen and oxygen atoms in total. The summed E-state index contributed by atoms with van der Waals surface area (Å²) in [7, 11) is 0. The monoisotopic (exact) mass is 359 g/mol. The van der Waals surface area contributed by atoms with E-state index in [1.165, 1.54) is 11.1 Å². The van der Waals surface area contributed by atoms with Gasteiger partial charge in [0.05, 0.1) is 37.3 Å². The van der Waals surface area contributed by atoms with Crippen molar-refractivity contribution in [2.75, 3.05) is 39.6 Å². The van der Waals surface area contributed by atoms with Gasteiger partial charge in [-0.15, -0.1) is 0 Å². The van der Waals surface area contributed by atoms with Crippen molar-refractivity contribution in [3.8, 4) is 0 Å². The van der Waals surface area contributed by atoms with Crippen molar-refractivity contribution in [1.82, 2.24) is 14.7 Å². The first-order valence-corrected chi connectivity index (χ1v) is 9.61. The van der Waals surface area contributed by atoms with Gasteiger partial charge in [-0.3, -0.25) is 14.7 Å². The molecule has 0 spiro atoms. The van der Waals surface area contributed by atoms with Crippen LogP contribution in [0.3, 0.4) is 0 Å². The van der Waals surface area contributed by atoms with Crippen LogP contribution in [-0.2, 0) is 0 Å². The standard InChI is InChI=1S/C22H25N5/c1-18-7-9-19(10-8-18)11-23-24-21(20-5-3-2-4-6-20)22-12-25-15-26(13-22)17-27(14-22)16-25/h2-11H,12-17H2,1H3. The number of rotatable bonds is 4. The van der Waals surface area contributed by atoms with Crippen LogP contribution in [0.5, 0.6) is 0 Å². The quantitative estimate of drug-likeness (QED) is 0.622. The van der Waals surface area contributed by atoms with E-state index in [4.69, 9.17) is 5.10 Å². The lowest BCUT2D eigenvalue weighted by atomic mass is 9.74. The van der Waals surface area contributed by atoms with Gasteiger partial charge in [-0.1, -0.05) is 60.2 Å². The van der Waals surface area contributed by atoms with Crippen LogP contribution >= 0.6 is 0 Å². The van der Waals surface area contributed by atoms with Gasteiger partial charge < -0.3 is 0 Å². The third-order valence-corrected chi connectivity index (χ3v) is 5.77. The normalized spacial score (nSPS) is 32.3. The molecule has 0 atom stereocenters. The molecule has 2 aromatic carbocycles. The van der Waals surface area contributed by atoms with E-state index >= 15 is 0 Å². The molecule has 27 heavy (non-hydrogen) atoms. The van der Waals surface area contributed by atoms with Crippen LogP contribution in [0.1, 0.15) is 16.7 Å². The summed E-state index contributed by atoms with van der Waals surface area (Å²) in [4.78, 5) is 7.58. The Labute approximate surface area is 160 Å². The van der Waals surface area contributed by atoms with Crippen LogP contribution in [0.25, 0.3) is 0 Å². The van der Waals surface area contributed by atoms with Gasteiger partial charge in [0.2, 0.25) is 0 Å². The predicted octanol–water partition coefficient (Wildman–Crippen LogP) is 2.62. The molecule has 138 valence electrons. The second-order valence-corrected chi connectivity index (χ2v) is 8.16. The molecule has 4 fully saturated rings. The second-order valence-electron chi connectivity index (χ2n) is 8.16. The second kappa shape index (κ2) is 6.68. The van der Waals surface area contributed by atoms with Crippen LogP contribution in [-0.4, -0.2) is 66.3 Å².